The Bertz CT molecular complexity index is 716. The number of hydrogen-bond acceptors (Lipinski definition) is 6. The molecule has 1 amide bonds. The molecule has 0 unspecified atom stereocenters. The molecule has 3 atom stereocenters. The lowest BCUT2D eigenvalue weighted by Gasteiger charge is -2.34. The van der Waals surface area contributed by atoms with E-state index in [-0.39, 0.29) is 18.9 Å². The lowest BCUT2D eigenvalue weighted by Crippen LogP contribution is -2.54. The van der Waals surface area contributed by atoms with Gasteiger partial charge in [-0.3, -0.25) is 4.79 Å². The number of rotatable bonds is 5. The summed E-state index contributed by atoms with van der Waals surface area (Å²) in [5.41, 5.74) is 1.42. The molecule has 1 saturated heterocycles. The fraction of sp³-hybridized carbons (Fsp3) is 0.444. The molecule has 1 fully saturated rings. The van der Waals surface area contributed by atoms with Gasteiger partial charge >= 0.3 is 0 Å². The molecule has 0 spiro atoms. The second-order valence-corrected chi connectivity index (χ2v) is 6.11. The van der Waals surface area contributed by atoms with Gasteiger partial charge in [0.15, 0.2) is 0 Å². The highest BCUT2D eigenvalue weighted by atomic mass is 16.5. The summed E-state index contributed by atoms with van der Waals surface area (Å²) in [6.07, 6.45) is -1.04. The molecule has 1 aliphatic heterocycles. The Hall–Kier alpha value is -2.22. The molecule has 0 aliphatic carbocycles. The van der Waals surface area contributed by atoms with Crippen LogP contribution < -0.4 is 5.32 Å². The quantitative estimate of drug-likeness (QED) is 0.740. The molecule has 7 heteroatoms. The van der Waals surface area contributed by atoms with E-state index >= 15 is 0 Å². The van der Waals surface area contributed by atoms with Gasteiger partial charge in [-0.05, 0) is 25.5 Å². The standard InChI is InChI=1S/C18H22N2O5/c1-11-14(20-18(25-11)12-5-3-2-4-6-12)9-16(22)19-13-7-8-24-15(10-21)17(13)23/h2-6,13,15,17,21,23H,7-10H2,1H3,(H,19,22)/t13-,15+,17-/m0/s1. The molecular formula is C18H22N2O5. The van der Waals surface area contributed by atoms with Crippen LogP contribution in [0.15, 0.2) is 34.7 Å². The van der Waals surface area contributed by atoms with Crippen molar-refractivity contribution in [1.82, 2.24) is 10.3 Å². The SMILES string of the molecule is Cc1oc(-c2ccccc2)nc1CC(=O)N[C@H]1CCO[C@H](CO)[C@H]1O. The van der Waals surface area contributed by atoms with Crippen molar-refractivity contribution in [3.63, 3.8) is 0 Å². The average Bonchev–Trinajstić information content (AvgIpc) is 2.98. The third-order valence-electron chi connectivity index (χ3n) is 4.32. The van der Waals surface area contributed by atoms with E-state index in [1.54, 1.807) is 6.92 Å². The lowest BCUT2D eigenvalue weighted by molar-refractivity contribution is -0.131. The maximum absolute atomic E-state index is 12.3. The van der Waals surface area contributed by atoms with Gasteiger partial charge in [-0.2, -0.15) is 0 Å². The monoisotopic (exact) mass is 346 g/mol. The molecule has 134 valence electrons. The van der Waals surface area contributed by atoms with Crippen LogP contribution in [0.2, 0.25) is 0 Å². The van der Waals surface area contributed by atoms with E-state index in [1.165, 1.54) is 0 Å². The Morgan fingerprint density at radius 1 is 1.36 bits per heavy atom. The number of benzene rings is 1. The maximum atomic E-state index is 12.3. The van der Waals surface area contributed by atoms with E-state index in [0.717, 1.165) is 5.56 Å². The number of carbonyl (C=O) groups is 1. The predicted octanol–water partition coefficient (Wildman–Crippen LogP) is 0.819. The zero-order valence-electron chi connectivity index (χ0n) is 14.0. The Labute approximate surface area is 145 Å². The van der Waals surface area contributed by atoms with Crippen molar-refractivity contribution in [3.8, 4) is 11.5 Å². The summed E-state index contributed by atoms with van der Waals surface area (Å²) in [4.78, 5) is 16.7. The number of nitrogens with one attached hydrogen (secondary N) is 1. The fourth-order valence-electron chi connectivity index (χ4n) is 2.90. The van der Waals surface area contributed by atoms with Gasteiger partial charge in [0.2, 0.25) is 11.8 Å². The molecule has 7 nitrogen and oxygen atoms in total. The molecule has 25 heavy (non-hydrogen) atoms. The van der Waals surface area contributed by atoms with E-state index in [0.29, 0.717) is 30.4 Å². The number of aryl methyl sites for hydroxylation is 1. The van der Waals surface area contributed by atoms with Crippen molar-refractivity contribution < 1.29 is 24.2 Å². The largest absolute Gasteiger partial charge is 0.441 e. The molecule has 1 aliphatic rings. The summed E-state index contributed by atoms with van der Waals surface area (Å²) < 4.78 is 10.9. The molecule has 3 N–H and O–H groups in total. The van der Waals surface area contributed by atoms with Crippen LogP contribution in [0.3, 0.4) is 0 Å². The third kappa shape index (κ3) is 4.07. The first-order valence-corrected chi connectivity index (χ1v) is 8.30. The van der Waals surface area contributed by atoms with Gasteiger partial charge in [-0.1, -0.05) is 18.2 Å². The van der Waals surface area contributed by atoms with Crippen molar-refractivity contribution in [2.75, 3.05) is 13.2 Å². The van der Waals surface area contributed by atoms with Crippen LogP contribution >= 0.6 is 0 Å². The molecule has 0 radical (unpaired) electrons. The van der Waals surface area contributed by atoms with Crippen LogP contribution in [0.25, 0.3) is 11.5 Å². The van der Waals surface area contributed by atoms with E-state index in [2.05, 4.69) is 10.3 Å². The molecule has 1 aromatic heterocycles. The van der Waals surface area contributed by atoms with E-state index < -0.39 is 18.2 Å². The summed E-state index contributed by atoms with van der Waals surface area (Å²) in [5.74, 6) is 0.820. The van der Waals surface area contributed by atoms with Crippen molar-refractivity contribution >= 4 is 5.91 Å². The number of amides is 1. The van der Waals surface area contributed by atoms with Crippen LogP contribution in [-0.2, 0) is 16.0 Å². The normalized spacial score (nSPS) is 23.4. The fourth-order valence-corrected chi connectivity index (χ4v) is 2.90. The summed E-state index contributed by atoms with van der Waals surface area (Å²) in [5, 5.41) is 22.1. The van der Waals surface area contributed by atoms with Crippen molar-refractivity contribution in [2.24, 2.45) is 0 Å². The highest BCUT2D eigenvalue weighted by Gasteiger charge is 2.33. The molecule has 0 bridgehead atoms. The Balaban J connectivity index is 1.64. The van der Waals surface area contributed by atoms with Gasteiger partial charge in [0.05, 0.1) is 24.8 Å². The maximum Gasteiger partial charge on any atom is 0.226 e. The van der Waals surface area contributed by atoms with Crippen LogP contribution in [-0.4, -0.2) is 52.6 Å². The highest BCUT2D eigenvalue weighted by Crippen LogP contribution is 2.22. The second kappa shape index (κ2) is 7.77. The van der Waals surface area contributed by atoms with E-state index in [9.17, 15) is 15.0 Å². The minimum absolute atomic E-state index is 0.0655. The van der Waals surface area contributed by atoms with Crippen molar-refractivity contribution in [1.29, 1.82) is 0 Å². The van der Waals surface area contributed by atoms with Gasteiger partial charge in [0, 0.05) is 12.2 Å². The van der Waals surface area contributed by atoms with Crippen LogP contribution in [0.1, 0.15) is 17.9 Å². The third-order valence-corrected chi connectivity index (χ3v) is 4.32. The lowest BCUT2D eigenvalue weighted by atomic mass is 9.99. The molecule has 1 aromatic carbocycles. The number of aromatic nitrogens is 1. The van der Waals surface area contributed by atoms with Gasteiger partial charge in [0.25, 0.3) is 0 Å². The molecule has 3 rings (SSSR count). The number of nitrogens with zero attached hydrogens (tertiary/aromatic N) is 1. The van der Waals surface area contributed by atoms with Crippen LogP contribution in [0.4, 0.5) is 0 Å². The van der Waals surface area contributed by atoms with Gasteiger partial charge in [0.1, 0.15) is 18.0 Å². The number of oxazole rings is 1. The highest BCUT2D eigenvalue weighted by molar-refractivity contribution is 5.79. The summed E-state index contributed by atoms with van der Waals surface area (Å²) in [7, 11) is 0. The van der Waals surface area contributed by atoms with Gasteiger partial charge in [-0.25, -0.2) is 4.98 Å². The predicted molar refractivity (Wildman–Crippen MR) is 89.8 cm³/mol. The number of carbonyl (C=O) groups excluding carboxylic acids is 1. The topological polar surface area (TPSA) is 105 Å². The zero-order valence-corrected chi connectivity index (χ0v) is 14.0. The van der Waals surface area contributed by atoms with Crippen molar-refractivity contribution in [3.05, 3.63) is 41.8 Å². The first-order valence-electron chi connectivity index (χ1n) is 8.30. The Morgan fingerprint density at radius 3 is 2.84 bits per heavy atom. The zero-order chi connectivity index (χ0) is 17.8. The molecule has 2 aromatic rings. The Kier molecular flexibility index (Phi) is 5.47. The summed E-state index contributed by atoms with van der Waals surface area (Å²) in [6.45, 7) is 1.87. The molecule has 0 saturated carbocycles. The first-order chi connectivity index (χ1) is 12.1. The number of aliphatic hydroxyl groups excluding tert-OH is 2. The Morgan fingerprint density at radius 2 is 2.12 bits per heavy atom. The van der Waals surface area contributed by atoms with E-state index in [4.69, 9.17) is 9.15 Å². The van der Waals surface area contributed by atoms with Crippen LogP contribution in [0, 0.1) is 6.92 Å². The minimum atomic E-state index is -0.930. The summed E-state index contributed by atoms with van der Waals surface area (Å²) >= 11 is 0. The first kappa shape index (κ1) is 17.6. The summed E-state index contributed by atoms with van der Waals surface area (Å²) in [6, 6.07) is 9.04. The molecular weight excluding hydrogens is 324 g/mol. The second-order valence-electron chi connectivity index (χ2n) is 6.11. The number of hydrogen-bond donors (Lipinski definition) is 3. The van der Waals surface area contributed by atoms with Crippen molar-refractivity contribution in [2.45, 2.75) is 38.0 Å². The van der Waals surface area contributed by atoms with E-state index in [1.807, 2.05) is 30.3 Å². The molecule has 2 heterocycles. The average molecular weight is 346 g/mol. The van der Waals surface area contributed by atoms with Gasteiger partial charge < -0.3 is 24.7 Å². The minimum Gasteiger partial charge on any atom is -0.441 e. The number of aliphatic hydroxyl groups is 2. The number of ether oxygens (including phenoxy) is 1. The van der Waals surface area contributed by atoms with Crippen LogP contribution in [0.5, 0.6) is 0 Å². The smallest absolute Gasteiger partial charge is 0.226 e. The van der Waals surface area contributed by atoms with Gasteiger partial charge in [-0.15, -0.1) is 0 Å².